The quantitative estimate of drug-likeness (QED) is 0.779. The lowest BCUT2D eigenvalue weighted by molar-refractivity contribution is -0.122. The second-order valence-electron chi connectivity index (χ2n) is 5.96. The topological polar surface area (TPSA) is 62.5 Å². The molecule has 0 radical (unpaired) electrons. The Morgan fingerprint density at radius 1 is 1.22 bits per heavy atom. The third-order valence-corrected chi connectivity index (χ3v) is 4.05. The summed E-state index contributed by atoms with van der Waals surface area (Å²) in [4.78, 5) is 12.2. The third kappa shape index (κ3) is 5.25. The monoisotopic (exact) mass is 315 g/mol. The Bertz CT molecular complexity index is 580. The molecule has 0 bridgehead atoms. The second-order valence-corrected chi connectivity index (χ2v) is 5.96. The number of amides is 1. The van der Waals surface area contributed by atoms with Crippen molar-refractivity contribution in [1.29, 1.82) is 0 Å². The van der Waals surface area contributed by atoms with Gasteiger partial charge in [-0.1, -0.05) is 37.3 Å². The Kier molecular flexibility index (Phi) is 6.41. The average molecular weight is 315 g/mol. The minimum atomic E-state index is -0.698. The van der Waals surface area contributed by atoms with Gasteiger partial charge < -0.3 is 14.8 Å². The van der Waals surface area contributed by atoms with E-state index >= 15 is 0 Å². The first-order valence-corrected chi connectivity index (χ1v) is 8.16. The molecule has 0 fully saturated rings. The fourth-order valence-electron chi connectivity index (χ4n) is 2.77. The molecular formula is C19H25NO3. The van der Waals surface area contributed by atoms with Crippen LogP contribution in [0.3, 0.4) is 0 Å². The van der Waals surface area contributed by atoms with Crippen LogP contribution < -0.4 is 5.32 Å². The molecule has 2 rings (SSSR count). The molecule has 0 aliphatic rings. The van der Waals surface area contributed by atoms with Gasteiger partial charge in [-0.15, -0.1) is 0 Å². The van der Waals surface area contributed by atoms with Gasteiger partial charge in [0.25, 0.3) is 0 Å². The maximum atomic E-state index is 12.2. The summed E-state index contributed by atoms with van der Waals surface area (Å²) in [6.45, 7) is 3.99. The number of hydrogen-bond donors (Lipinski definition) is 2. The van der Waals surface area contributed by atoms with E-state index < -0.39 is 6.10 Å². The summed E-state index contributed by atoms with van der Waals surface area (Å²) in [5.74, 6) is 0.764. The van der Waals surface area contributed by atoms with Gasteiger partial charge in [0.1, 0.15) is 11.9 Å². The van der Waals surface area contributed by atoms with Crippen LogP contribution in [-0.4, -0.2) is 17.1 Å². The van der Waals surface area contributed by atoms with E-state index in [0.29, 0.717) is 18.6 Å². The fourth-order valence-corrected chi connectivity index (χ4v) is 2.77. The zero-order valence-electron chi connectivity index (χ0n) is 13.7. The molecule has 124 valence electrons. The van der Waals surface area contributed by atoms with Crippen LogP contribution in [0.15, 0.2) is 53.1 Å². The number of rotatable bonds is 8. The molecule has 4 nitrogen and oxygen atoms in total. The van der Waals surface area contributed by atoms with Crippen LogP contribution in [-0.2, 0) is 4.79 Å². The van der Waals surface area contributed by atoms with Crippen LogP contribution in [0, 0.1) is 0 Å². The minimum Gasteiger partial charge on any atom is -0.467 e. The largest absolute Gasteiger partial charge is 0.467 e. The van der Waals surface area contributed by atoms with Gasteiger partial charge in [-0.2, -0.15) is 0 Å². The van der Waals surface area contributed by atoms with Crippen LogP contribution in [0.2, 0.25) is 0 Å². The molecule has 3 unspecified atom stereocenters. The number of aliphatic hydroxyl groups excluding tert-OH is 1. The van der Waals surface area contributed by atoms with E-state index in [0.717, 1.165) is 6.42 Å². The first kappa shape index (κ1) is 17.3. The molecule has 3 atom stereocenters. The summed E-state index contributed by atoms with van der Waals surface area (Å²) < 4.78 is 5.18. The molecule has 1 aromatic carbocycles. The number of carbonyl (C=O) groups excluding carboxylic acids is 1. The highest BCUT2D eigenvalue weighted by Gasteiger charge is 2.19. The zero-order chi connectivity index (χ0) is 16.7. The van der Waals surface area contributed by atoms with Crippen molar-refractivity contribution < 1.29 is 14.3 Å². The van der Waals surface area contributed by atoms with Crippen molar-refractivity contribution in [2.45, 2.75) is 51.2 Å². The van der Waals surface area contributed by atoms with E-state index in [1.54, 1.807) is 12.1 Å². The van der Waals surface area contributed by atoms with Gasteiger partial charge in [-0.05, 0) is 37.0 Å². The van der Waals surface area contributed by atoms with Gasteiger partial charge in [0.15, 0.2) is 0 Å². The number of hydrogen-bond acceptors (Lipinski definition) is 3. The van der Waals surface area contributed by atoms with Gasteiger partial charge >= 0.3 is 0 Å². The zero-order valence-corrected chi connectivity index (χ0v) is 13.7. The summed E-state index contributed by atoms with van der Waals surface area (Å²) >= 11 is 0. The molecule has 0 aliphatic heterocycles. The number of nitrogens with one attached hydrogen (secondary N) is 1. The Morgan fingerprint density at radius 2 is 1.96 bits per heavy atom. The van der Waals surface area contributed by atoms with Crippen molar-refractivity contribution in [1.82, 2.24) is 5.32 Å². The molecule has 1 amide bonds. The number of aliphatic hydroxyl groups is 1. The normalized spacial score (nSPS) is 14.9. The molecule has 2 aromatic rings. The van der Waals surface area contributed by atoms with Crippen molar-refractivity contribution in [3.8, 4) is 0 Å². The molecule has 4 heteroatoms. The maximum Gasteiger partial charge on any atom is 0.220 e. The molecule has 0 aliphatic carbocycles. The SMILES string of the molecule is CCC(CC(=O)NC(C)CC(O)c1ccco1)c1ccccc1. The molecule has 0 spiro atoms. The van der Waals surface area contributed by atoms with Crippen molar-refractivity contribution in [2.24, 2.45) is 0 Å². The lowest BCUT2D eigenvalue weighted by Gasteiger charge is -2.19. The van der Waals surface area contributed by atoms with E-state index in [4.69, 9.17) is 4.42 Å². The van der Waals surface area contributed by atoms with Crippen molar-refractivity contribution >= 4 is 5.91 Å². The second kappa shape index (κ2) is 8.53. The first-order chi connectivity index (χ1) is 11.1. The van der Waals surface area contributed by atoms with Crippen LogP contribution in [0.5, 0.6) is 0 Å². The molecule has 2 N–H and O–H groups in total. The number of carbonyl (C=O) groups is 1. The van der Waals surface area contributed by atoms with Crippen LogP contribution in [0.25, 0.3) is 0 Å². The van der Waals surface area contributed by atoms with Gasteiger partial charge in [-0.3, -0.25) is 4.79 Å². The minimum absolute atomic E-state index is 0.0137. The predicted octanol–water partition coefficient (Wildman–Crippen LogP) is 3.79. The lowest BCUT2D eigenvalue weighted by atomic mass is 9.93. The number of furan rings is 1. The molecular weight excluding hydrogens is 290 g/mol. The van der Waals surface area contributed by atoms with E-state index in [2.05, 4.69) is 24.4 Å². The first-order valence-electron chi connectivity index (χ1n) is 8.16. The smallest absolute Gasteiger partial charge is 0.220 e. The van der Waals surface area contributed by atoms with Crippen LogP contribution in [0.1, 0.15) is 56.5 Å². The van der Waals surface area contributed by atoms with Gasteiger partial charge in [0.2, 0.25) is 5.91 Å². The molecule has 1 heterocycles. The van der Waals surface area contributed by atoms with Crippen molar-refractivity contribution in [3.05, 3.63) is 60.1 Å². The van der Waals surface area contributed by atoms with Crippen molar-refractivity contribution in [3.63, 3.8) is 0 Å². The summed E-state index contributed by atoms with van der Waals surface area (Å²) in [5.41, 5.74) is 1.19. The Morgan fingerprint density at radius 3 is 2.57 bits per heavy atom. The van der Waals surface area contributed by atoms with Gasteiger partial charge in [-0.25, -0.2) is 0 Å². The van der Waals surface area contributed by atoms with Crippen LogP contribution in [0.4, 0.5) is 0 Å². The van der Waals surface area contributed by atoms with E-state index in [1.165, 1.54) is 11.8 Å². The summed E-state index contributed by atoms with van der Waals surface area (Å²) in [6.07, 6.45) is 2.65. The highest BCUT2D eigenvalue weighted by Crippen LogP contribution is 2.23. The molecule has 1 aromatic heterocycles. The fraction of sp³-hybridized carbons (Fsp3) is 0.421. The Labute approximate surface area is 137 Å². The van der Waals surface area contributed by atoms with Gasteiger partial charge in [0, 0.05) is 18.9 Å². The third-order valence-electron chi connectivity index (χ3n) is 4.05. The standard InChI is InChI=1S/C19H25NO3/c1-3-15(16-8-5-4-6-9-16)13-19(22)20-14(2)12-17(21)18-10-7-11-23-18/h4-11,14-15,17,21H,3,12-13H2,1-2H3,(H,20,22). The highest BCUT2D eigenvalue weighted by molar-refractivity contribution is 5.77. The highest BCUT2D eigenvalue weighted by atomic mass is 16.4. The molecule has 0 saturated heterocycles. The van der Waals surface area contributed by atoms with Crippen LogP contribution >= 0.6 is 0 Å². The summed E-state index contributed by atoms with van der Waals surface area (Å²) in [7, 11) is 0. The number of benzene rings is 1. The van der Waals surface area contributed by atoms with Crippen molar-refractivity contribution in [2.75, 3.05) is 0 Å². The average Bonchev–Trinajstić information content (AvgIpc) is 3.07. The summed E-state index contributed by atoms with van der Waals surface area (Å²) in [5, 5.41) is 13.0. The molecule has 23 heavy (non-hydrogen) atoms. The lowest BCUT2D eigenvalue weighted by Crippen LogP contribution is -2.34. The molecule has 0 saturated carbocycles. The van der Waals surface area contributed by atoms with Gasteiger partial charge in [0.05, 0.1) is 6.26 Å². The predicted molar refractivity (Wildman–Crippen MR) is 90.0 cm³/mol. The van der Waals surface area contributed by atoms with E-state index in [1.807, 2.05) is 25.1 Å². The Hall–Kier alpha value is -2.07. The van der Waals surface area contributed by atoms with E-state index in [-0.39, 0.29) is 17.9 Å². The Balaban J connectivity index is 1.83. The summed E-state index contributed by atoms with van der Waals surface area (Å²) in [6, 6.07) is 13.5. The maximum absolute atomic E-state index is 12.2. The van der Waals surface area contributed by atoms with E-state index in [9.17, 15) is 9.90 Å².